The molecule has 0 aliphatic rings. The highest BCUT2D eigenvalue weighted by Crippen LogP contribution is 2.25. The summed E-state index contributed by atoms with van der Waals surface area (Å²) in [6.45, 7) is 8.40. The molecule has 0 aliphatic carbocycles. The van der Waals surface area contributed by atoms with Gasteiger partial charge in [0, 0.05) is 0 Å². The second-order valence-corrected chi connectivity index (χ2v) is 6.42. The Morgan fingerprint density at radius 2 is 1.75 bits per heavy atom. The fraction of sp³-hybridized carbons (Fsp3) is 0.381. The second kappa shape index (κ2) is 8.53. The molecule has 0 aliphatic heterocycles. The summed E-state index contributed by atoms with van der Waals surface area (Å²) in [7, 11) is 0. The summed E-state index contributed by atoms with van der Waals surface area (Å²) < 4.78 is 5.75. The maximum absolute atomic E-state index is 12.3. The monoisotopic (exact) mass is 325 g/mol. The molecule has 0 fully saturated rings. The molecule has 128 valence electrons. The molecule has 3 nitrogen and oxygen atoms in total. The van der Waals surface area contributed by atoms with Gasteiger partial charge in [-0.05, 0) is 36.5 Å². The van der Waals surface area contributed by atoms with Crippen molar-refractivity contribution in [3.8, 4) is 5.75 Å². The van der Waals surface area contributed by atoms with E-state index in [1.807, 2.05) is 24.3 Å². The molecule has 0 unspecified atom stereocenters. The molecule has 1 atom stereocenters. The van der Waals surface area contributed by atoms with Crippen molar-refractivity contribution in [1.82, 2.24) is 5.32 Å². The van der Waals surface area contributed by atoms with Crippen LogP contribution in [0.5, 0.6) is 5.75 Å². The van der Waals surface area contributed by atoms with Crippen molar-refractivity contribution in [3.63, 3.8) is 0 Å². The van der Waals surface area contributed by atoms with E-state index in [1.165, 1.54) is 5.56 Å². The molecule has 1 N–H and O–H groups in total. The van der Waals surface area contributed by atoms with Crippen molar-refractivity contribution in [2.24, 2.45) is 0 Å². The summed E-state index contributed by atoms with van der Waals surface area (Å²) in [5, 5.41) is 3.06. The lowest BCUT2D eigenvalue weighted by Crippen LogP contribution is -2.32. The van der Waals surface area contributed by atoms with Crippen molar-refractivity contribution in [3.05, 3.63) is 65.2 Å². The van der Waals surface area contributed by atoms with Crippen LogP contribution in [0.2, 0.25) is 0 Å². The number of carbonyl (C=O) groups is 1. The molecule has 2 aromatic rings. The van der Waals surface area contributed by atoms with E-state index in [1.54, 1.807) is 0 Å². The Bertz CT molecular complexity index is 662. The van der Waals surface area contributed by atoms with Gasteiger partial charge in [0.25, 0.3) is 5.91 Å². The van der Waals surface area contributed by atoms with E-state index < -0.39 is 0 Å². The first-order valence-electron chi connectivity index (χ1n) is 8.59. The maximum Gasteiger partial charge on any atom is 0.258 e. The van der Waals surface area contributed by atoms with Gasteiger partial charge in [-0.25, -0.2) is 0 Å². The highest BCUT2D eigenvalue weighted by atomic mass is 16.5. The van der Waals surface area contributed by atoms with Crippen LogP contribution in [0.1, 0.15) is 55.8 Å². The number of carbonyl (C=O) groups excluding carboxylic acids is 1. The zero-order valence-corrected chi connectivity index (χ0v) is 15.0. The number of para-hydroxylation sites is 1. The van der Waals surface area contributed by atoms with Crippen LogP contribution in [-0.4, -0.2) is 12.5 Å². The Kier molecular flexibility index (Phi) is 6.42. The van der Waals surface area contributed by atoms with Crippen LogP contribution in [0, 0.1) is 6.92 Å². The number of rotatable bonds is 7. The van der Waals surface area contributed by atoms with E-state index in [0.717, 1.165) is 23.3 Å². The van der Waals surface area contributed by atoms with Crippen molar-refractivity contribution in [2.45, 2.75) is 46.1 Å². The molecule has 2 rings (SSSR count). The van der Waals surface area contributed by atoms with Gasteiger partial charge in [-0.2, -0.15) is 0 Å². The molecule has 0 radical (unpaired) electrons. The van der Waals surface area contributed by atoms with Gasteiger partial charge in [0.1, 0.15) is 5.75 Å². The summed E-state index contributed by atoms with van der Waals surface area (Å²) in [4.78, 5) is 12.3. The van der Waals surface area contributed by atoms with Gasteiger partial charge in [-0.1, -0.05) is 68.8 Å². The van der Waals surface area contributed by atoms with Crippen molar-refractivity contribution in [1.29, 1.82) is 0 Å². The van der Waals surface area contributed by atoms with Crippen molar-refractivity contribution < 1.29 is 9.53 Å². The van der Waals surface area contributed by atoms with E-state index in [-0.39, 0.29) is 18.6 Å². The number of hydrogen-bond acceptors (Lipinski definition) is 2. The average Bonchev–Trinajstić information content (AvgIpc) is 2.59. The fourth-order valence-electron chi connectivity index (χ4n) is 2.69. The highest BCUT2D eigenvalue weighted by Gasteiger charge is 2.14. The Morgan fingerprint density at radius 3 is 2.38 bits per heavy atom. The van der Waals surface area contributed by atoms with E-state index in [4.69, 9.17) is 4.74 Å². The quantitative estimate of drug-likeness (QED) is 0.796. The van der Waals surface area contributed by atoms with Crippen LogP contribution < -0.4 is 10.1 Å². The highest BCUT2D eigenvalue weighted by molar-refractivity contribution is 5.78. The SMILES string of the molecule is CC[C@@H](NC(=O)COc1ccccc1C(C)C)c1ccc(C)cc1. The van der Waals surface area contributed by atoms with Crippen LogP contribution >= 0.6 is 0 Å². The Hall–Kier alpha value is -2.29. The topological polar surface area (TPSA) is 38.3 Å². The van der Waals surface area contributed by atoms with Gasteiger partial charge < -0.3 is 10.1 Å². The second-order valence-electron chi connectivity index (χ2n) is 6.42. The molecule has 0 heterocycles. The Labute approximate surface area is 145 Å². The normalized spacial score (nSPS) is 12.0. The van der Waals surface area contributed by atoms with Crippen LogP contribution in [0.3, 0.4) is 0 Å². The summed E-state index contributed by atoms with van der Waals surface area (Å²) in [5.41, 5.74) is 3.46. The lowest BCUT2D eigenvalue weighted by Gasteiger charge is -2.19. The lowest BCUT2D eigenvalue weighted by molar-refractivity contribution is -0.123. The maximum atomic E-state index is 12.3. The first-order chi connectivity index (χ1) is 11.5. The number of hydrogen-bond donors (Lipinski definition) is 1. The molecule has 1 amide bonds. The molecule has 24 heavy (non-hydrogen) atoms. The third-order valence-corrected chi connectivity index (χ3v) is 4.12. The average molecular weight is 325 g/mol. The first kappa shape index (κ1) is 18.1. The lowest BCUT2D eigenvalue weighted by atomic mass is 10.0. The molecular formula is C21H27NO2. The molecule has 3 heteroatoms. The summed E-state index contributed by atoms with van der Waals surface area (Å²) in [6.07, 6.45) is 0.845. The van der Waals surface area contributed by atoms with Gasteiger partial charge in [0.05, 0.1) is 6.04 Å². The van der Waals surface area contributed by atoms with Crippen LogP contribution in [0.4, 0.5) is 0 Å². The summed E-state index contributed by atoms with van der Waals surface area (Å²) in [6, 6.07) is 16.2. The fourth-order valence-corrected chi connectivity index (χ4v) is 2.69. The molecule has 0 saturated heterocycles. The predicted molar refractivity (Wildman–Crippen MR) is 98.4 cm³/mol. The Morgan fingerprint density at radius 1 is 1.08 bits per heavy atom. The third-order valence-electron chi connectivity index (χ3n) is 4.12. The van der Waals surface area contributed by atoms with Crippen molar-refractivity contribution in [2.75, 3.05) is 6.61 Å². The van der Waals surface area contributed by atoms with Crippen molar-refractivity contribution >= 4 is 5.91 Å². The molecule has 0 saturated carbocycles. The van der Waals surface area contributed by atoms with Crippen LogP contribution in [-0.2, 0) is 4.79 Å². The van der Waals surface area contributed by atoms with Gasteiger partial charge in [0.15, 0.2) is 6.61 Å². The standard InChI is InChI=1S/C21H27NO2/c1-5-19(17-12-10-16(4)11-13-17)22-21(23)14-24-20-9-7-6-8-18(20)15(2)3/h6-13,15,19H,5,14H2,1-4H3,(H,22,23)/t19-/m1/s1. The number of amides is 1. The zero-order valence-electron chi connectivity index (χ0n) is 15.0. The minimum Gasteiger partial charge on any atom is -0.483 e. The minimum atomic E-state index is -0.0963. The largest absolute Gasteiger partial charge is 0.483 e. The molecular weight excluding hydrogens is 298 g/mol. The van der Waals surface area contributed by atoms with Gasteiger partial charge in [0.2, 0.25) is 0 Å². The summed E-state index contributed by atoms with van der Waals surface area (Å²) >= 11 is 0. The van der Waals surface area contributed by atoms with E-state index in [0.29, 0.717) is 5.92 Å². The molecule has 0 bridgehead atoms. The molecule has 0 aromatic heterocycles. The minimum absolute atomic E-state index is 0.0158. The molecule has 2 aromatic carbocycles. The number of nitrogens with one attached hydrogen (secondary N) is 1. The molecule has 0 spiro atoms. The third kappa shape index (κ3) is 4.85. The Balaban J connectivity index is 1.96. The number of aryl methyl sites for hydroxylation is 1. The first-order valence-corrected chi connectivity index (χ1v) is 8.59. The predicted octanol–water partition coefficient (Wildman–Crippen LogP) is 4.76. The zero-order chi connectivity index (χ0) is 17.5. The van der Waals surface area contributed by atoms with E-state index >= 15 is 0 Å². The van der Waals surface area contributed by atoms with Crippen LogP contribution in [0.25, 0.3) is 0 Å². The van der Waals surface area contributed by atoms with Crippen LogP contribution in [0.15, 0.2) is 48.5 Å². The number of benzene rings is 2. The van der Waals surface area contributed by atoms with Gasteiger partial charge in [-0.15, -0.1) is 0 Å². The number of ether oxygens (including phenoxy) is 1. The van der Waals surface area contributed by atoms with E-state index in [2.05, 4.69) is 57.3 Å². The van der Waals surface area contributed by atoms with Gasteiger partial charge in [-0.3, -0.25) is 4.79 Å². The summed E-state index contributed by atoms with van der Waals surface area (Å²) in [5.74, 6) is 1.05. The van der Waals surface area contributed by atoms with E-state index in [9.17, 15) is 4.79 Å². The smallest absolute Gasteiger partial charge is 0.258 e. The van der Waals surface area contributed by atoms with Gasteiger partial charge >= 0.3 is 0 Å².